The van der Waals surface area contributed by atoms with E-state index in [9.17, 15) is 0 Å². The van der Waals surface area contributed by atoms with Crippen LogP contribution < -0.4 is 10.6 Å². The second-order valence-corrected chi connectivity index (χ2v) is 4.28. The molecule has 0 unspecified atom stereocenters. The predicted octanol–water partition coefficient (Wildman–Crippen LogP) is 2.60. The van der Waals surface area contributed by atoms with Crippen molar-refractivity contribution >= 4 is 30.6 Å². The molecule has 17 heavy (non-hydrogen) atoms. The van der Waals surface area contributed by atoms with Gasteiger partial charge in [0.1, 0.15) is 5.82 Å². The van der Waals surface area contributed by atoms with Crippen LogP contribution in [0.3, 0.4) is 0 Å². The Bertz CT molecular complexity index is 363. The molecule has 0 bridgehead atoms. The van der Waals surface area contributed by atoms with E-state index in [1.165, 1.54) is 24.0 Å². The molecule has 1 fully saturated rings. The van der Waals surface area contributed by atoms with Gasteiger partial charge in [0, 0.05) is 30.9 Å². The predicted molar refractivity (Wildman–Crippen MR) is 77.5 cm³/mol. The number of nitrogens with two attached hydrogens (primary N) is 1. The number of aryl methyl sites for hydroxylation is 2. The summed E-state index contributed by atoms with van der Waals surface area (Å²) in [4.78, 5) is 7.00. The fourth-order valence-electron chi connectivity index (χ4n) is 2.29. The highest BCUT2D eigenvalue weighted by molar-refractivity contribution is 5.85. The highest BCUT2D eigenvalue weighted by atomic mass is 35.5. The number of pyridine rings is 1. The Hall–Kier alpha value is -0.510. The lowest BCUT2D eigenvalue weighted by atomic mass is 10.1. The van der Waals surface area contributed by atoms with Crippen LogP contribution >= 0.6 is 24.8 Å². The van der Waals surface area contributed by atoms with Gasteiger partial charge in [-0.1, -0.05) is 0 Å². The number of aromatic nitrogens is 1. The van der Waals surface area contributed by atoms with Gasteiger partial charge >= 0.3 is 0 Å². The largest absolute Gasteiger partial charge is 0.356 e. The molecule has 0 aliphatic carbocycles. The van der Waals surface area contributed by atoms with Crippen LogP contribution in [-0.2, 0) is 6.54 Å². The van der Waals surface area contributed by atoms with Crippen molar-refractivity contribution in [3.63, 3.8) is 0 Å². The maximum Gasteiger partial charge on any atom is 0.133 e. The number of nitrogens with zero attached hydrogens (tertiary/aromatic N) is 2. The monoisotopic (exact) mass is 277 g/mol. The summed E-state index contributed by atoms with van der Waals surface area (Å²) in [5.41, 5.74) is 9.37. The molecule has 0 atom stereocenters. The normalized spacial score (nSPS) is 14.2. The standard InChI is InChI=1S/C12H19N3.2ClH/c1-9-7-10(2)14-12(11(9)8-13)15-5-3-4-6-15;;/h7H,3-6,8,13H2,1-2H3;2*1H. The van der Waals surface area contributed by atoms with Gasteiger partial charge in [-0.05, 0) is 38.3 Å². The number of rotatable bonds is 2. The molecule has 2 rings (SSSR count). The van der Waals surface area contributed by atoms with Crippen molar-refractivity contribution in [3.8, 4) is 0 Å². The minimum absolute atomic E-state index is 0. The number of anilines is 1. The average molecular weight is 278 g/mol. The van der Waals surface area contributed by atoms with Crippen LogP contribution in [0.4, 0.5) is 5.82 Å². The van der Waals surface area contributed by atoms with Gasteiger partial charge in [0.15, 0.2) is 0 Å². The van der Waals surface area contributed by atoms with Crippen LogP contribution in [0.5, 0.6) is 0 Å². The zero-order valence-corrected chi connectivity index (χ0v) is 12.0. The molecule has 3 nitrogen and oxygen atoms in total. The quantitative estimate of drug-likeness (QED) is 0.904. The summed E-state index contributed by atoms with van der Waals surface area (Å²) in [5, 5.41) is 0. The van der Waals surface area contributed by atoms with E-state index in [0.717, 1.165) is 24.6 Å². The van der Waals surface area contributed by atoms with Crippen molar-refractivity contribution in [3.05, 3.63) is 22.9 Å². The first kappa shape index (κ1) is 16.5. The summed E-state index contributed by atoms with van der Waals surface area (Å²) < 4.78 is 0. The molecule has 1 aromatic heterocycles. The first-order chi connectivity index (χ1) is 7.22. The topological polar surface area (TPSA) is 42.1 Å². The third kappa shape index (κ3) is 3.47. The van der Waals surface area contributed by atoms with Crippen LogP contribution in [0, 0.1) is 13.8 Å². The van der Waals surface area contributed by atoms with Crippen molar-refractivity contribution in [2.45, 2.75) is 33.2 Å². The maximum atomic E-state index is 5.80. The van der Waals surface area contributed by atoms with Crippen molar-refractivity contribution in [2.24, 2.45) is 5.73 Å². The van der Waals surface area contributed by atoms with Gasteiger partial charge in [-0.25, -0.2) is 4.98 Å². The Morgan fingerprint density at radius 1 is 1.24 bits per heavy atom. The second kappa shape index (κ2) is 7.04. The van der Waals surface area contributed by atoms with Gasteiger partial charge in [0.25, 0.3) is 0 Å². The van der Waals surface area contributed by atoms with Crippen molar-refractivity contribution < 1.29 is 0 Å². The van der Waals surface area contributed by atoms with Crippen molar-refractivity contribution in [1.29, 1.82) is 0 Å². The van der Waals surface area contributed by atoms with Crippen molar-refractivity contribution in [1.82, 2.24) is 4.98 Å². The molecule has 0 saturated carbocycles. The lowest BCUT2D eigenvalue weighted by molar-refractivity contribution is 0.891. The van der Waals surface area contributed by atoms with E-state index < -0.39 is 0 Å². The molecule has 2 heterocycles. The fourth-order valence-corrected chi connectivity index (χ4v) is 2.29. The van der Waals surface area contributed by atoms with Gasteiger partial charge < -0.3 is 10.6 Å². The Balaban J connectivity index is 0.00000128. The number of hydrogen-bond donors (Lipinski definition) is 1. The third-order valence-electron chi connectivity index (χ3n) is 3.06. The molecule has 98 valence electrons. The first-order valence-corrected chi connectivity index (χ1v) is 5.64. The summed E-state index contributed by atoms with van der Waals surface area (Å²) in [6.07, 6.45) is 2.55. The zero-order valence-electron chi connectivity index (χ0n) is 10.4. The SMILES string of the molecule is Cc1cc(C)c(CN)c(N2CCCC2)n1.Cl.Cl. The maximum absolute atomic E-state index is 5.80. The van der Waals surface area contributed by atoms with E-state index in [1.807, 2.05) is 6.92 Å². The van der Waals surface area contributed by atoms with Gasteiger partial charge in [-0.2, -0.15) is 0 Å². The molecule has 1 aliphatic rings. The molecule has 0 spiro atoms. The van der Waals surface area contributed by atoms with Gasteiger partial charge in [-0.3, -0.25) is 0 Å². The summed E-state index contributed by atoms with van der Waals surface area (Å²) in [5.74, 6) is 1.12. The summed E-state index contributed by atoms with van der Waals surface area (Å²) >= 11 is 0. The van der Waals surface area contributed by atoms with E-state index >= 15 is 0 Å². The minimum Gasteiger partial charge on any atom is -0.356 e. The molecular formula is C12H21Cl2N3. The lowest BCUT2D eigenvalue weighted by Gasteiger charge is -2.21. The van der Waals surface area contributed by atoms with E-state index in [1.54, 1.807) is 0 Å². The Labute approximate surface area is 116 Å². The van der Waals surface area contributed by atoms with E-state index in [-0.39, 0.29) is 24.8 Å². The molecule has 1 saturated heterocycles. The highest BCUT2D eigenvalue weighted by Gasteiger charge is 2.18. The average Bonchev–Trinajstić information content (AvgIpc) is 2.69. The smallest absolute Gasteiger partial charge is 0.133 e. The molecule has 0 radical (unpaired) electrons. The fraction of sp³-hybridized carbons (Fsp3) is 0.583. The van der Waals surface area contributed by atoms with Crippen LogP contribution in [0.1, 0.15) is 29.7 Å². The van der Waals surface area contributed by atoms with Gasteiger partial charge in [-0.15, -0.1) is 24.8 Å². The summed E-state index contributed by atoms with van der Waals surface area (Å²) in [7, 11) is 0. The Morgan fingerprint density at radius 3 is 2.35 bits per heavy atom. The molecule has 0 amide bonds. The summed E-state index contributed by atoms with van der Waals surface area (Å²) in [6.45, 7) is 7.01. The molecule has 2 N–H and O–H groups in total. The summed E-state index contributed by atoms with van der Waals surface area (Å²) in [6, 6.07) is 2.11. The lowest BCUT2D eigenvalue weighted by Crippen LogP contribution is -2.22. The second-order valence-electron chi connectivity index (χ2n) is 4.28. The van der Waals surface area contributed by atoms with Crippen LogP contribution in [-0.4, -0.2) is 18.1 Å². The van der Waals surface area contributed by atoms with Crippen LogP contribution in [0.25, 0.3) is 0 Å². The van der Waals surface area contributed by atoms with Crippen LogP contribution in [0.2, 0.25) is 0 Å². The number of halogens is 2. The van der Waals surface area contributed by atoms with Gasteiger partial charge in [0.05, 0.1) is 0 Å². The molecule has 1 aromatic rings. The van der Waals surface area contributed by atoms with Crippen LogP contribution in [0.15, 0.2) is 6.07 Å². The first-order valence-electron chi connectivity index (χ1n) is 5.64. The van der Waals surface area contributed by atoms with E-state index in [0.29, 0.717) is 6.54 Å². The molecule has 0 aromatic carbocycles. The number of hydrogen-bond acceptors (Lipinski definition) is 3. The van der Waals surface area contributed by atoms with Gasteiger partial charge in [0.2, 0.25) is 0 Å². The highest BCUT2D eigenvalue weighted by Crippen LogP contribution is 2.25. The molecule has 5 heteroatoms. The minimum atomic E-state index is 0. The third-order valence-corrected chi connectivity index (χ3v) is 3.06. The van der Waals surface area contributed by atoms with Crippen molar-refractivity contribution in [2.75, 3.05) is 18.0 Å². The van der Waals surface area contributed by atoms with E-state index in [2.05, 4.69) is 22.9 Å². The molecular weight excluding hydrogens is 257 g/mol. The zero-order chi connectivity index (χ0) is 10.8. The Morgan fingerprint density at radius 2 is 1.82 bits per heavy atom. The molecule has 1 aliphatic heterocycles. The Kier molecular flexibility index (Phi) is 6.83. The van der Waals surface area contributed by atoms with E-state index in [4.69, 9.17) is 5.73 Å².